The van der Waals surface area contributed by atoms with Crippen molar-refractivity contribution in [3.8, 4) is 11.7 Å². The Hall–Kier alpha value is -2.48. The first kappa shape index (κ1) is 13.5. The van der Waals surface area contributed by atoms with Gasteiger partial charge in [0.05, 0.1) is 5.56 Å². The van der Waals surface area contributed by atoms with Crippen molar-refractivity contribution >= 4 is 27.9 Å². The summed E-state index contributed by atoms with van der Waals surface area (Å²) in [7, 11) is 0. The monoisotopic (exact) mass is 351 g/mol. The van der Waals surface area contributed by atoms with Crippen LogP contribution in [0.2, 0.25) is 0 Å². The molecule has 0 aliphatic carbocycles. The molecule has 1 N–H and O–H groups in total. The Balaban J connectivity index is 1.79. The van der Waals surface area contributed by atoms with E-state index in [9.17, 15) is 9.18 Å². The number of amides is 1. The van der Waals surface area contributed by atoms with Crippen LogP contribution in [0.1, 0.15) is 10.4 Å². The van der Waals surface area contributed by atoms with Gasteiger partial charge in [0.25, 0.3) is 11.8 Å². The molecule has 2 heterocycles. The molecule has 0 unspecified atom stereocenters. The molecule has 0 atom stereocenters. The lowest BCUT2D eigenvalue weighted by molar-refractivity contribution is 0.102. The van der Waals surface area contributed by atoms with Gasteiger partial charge >= 0.3 is 6.01 Å². The summed E-state index contributed by atoms with van der Waals surface area (Å²) < 4.78 is 24.4. The quantitative estimate of drug-likeness (QED) is 0.781. The van der Waals surface area contributed by atoms with Gasteiger partial charge in [-0.25, -0.2) is 4.39 Å². The number of furan rings is 1. The summed E-state index contributed by atoms with van der Waals surface area (Å²) in [5, 5.41) is 9.70. The fourth-order valence-electron chi connectivity index (χ4n) is 1.61. The van der Waals surface area contributed by atoms with E-state index in [1.54, 1.807) is 18.2 Å². The van der Waals surface area contributed by atoms with Crippen molar-refractivity contribution in [1.29, 1.82) is 0 Å². The van der Waals surface area contributed by atoms with Gasteiger partial charge in [0.15, 0.2) is 10.4 Å². The van der Waals surface area contributed by atoms with Gasteiger partial charge in [0.1, 0.15) is 5.82 Å². The van der Waals surface area contributed by atoms with E-state index < -0.39 is 11.7 Å². The number of hydrogen-bond donors (Lipinski definition) is 1. The van der Waals surface area contributed by atoms with Crippen LogP contribution >= 0.6 is 15.9 Å². The van der Waals surface area contributed by atoms with E-state index in [0.29, 0.717) is 10.4 Å². The average molecular weight is 352 g/mol. The zero-order valence-electron chi connectivity index (χ0n) is 10.3. The van der Waals surface area contributed by atoms with Crippen molar-refractivity contribution < 1.29 is 18.0 Å². The van der Waals surface area contributed by atoms with Crippen molar-refractivity contribution in [3.05, 3.63) is 52.4 Å². The number of benzene rings is 1. The molecular formula is C13H7BrFN3O3. The van der Waals surface area contributed by atoms with Gasteiger partial charge in [-0.1, -0.05) is 17.2 Å². The highest BCUT2D eigenvalue weighted by Gasteiger charge is 2.16. The maximum atomic E-state index is 13.5. The van der Waals surface area contributed by atoms with Crippen LogP contribution in [0.3, 0.4) is 0 Å². The predicted molar refractivity (Wildman–Crippen MR) is 74.1 cm³/mol. The van der Waals surface area contributed by atoms with Crippen LogP contribution in [-0.4, -0.2) is 16.1 Å². The van der Waals surface area contributed by atoms with Crippen LogP contribution in [-0.2, 0) is 0 Å². The molecule has 6 nitrogen and oxygen atoms in total. The van der Waals surface area contributed by atoms with Crippen molar-refractivity contribution in [3.63, 3.8) is 0 Å². The first-order chi connectivity index (χ1) is 10.1. The molecule has 0 aliphatic heterocycles. The van der Waals surface area contributed by atoms with Gasteiger partial charge in [-0.3, -0.25) is 10.1 Å². The third-order valence-electron chi connectivity index (χ3n) is 2.55. The Labute approximate surface area is 126 Å². The molecule has 0 spiro atoms. The molecular weight excluding hydrogens is 345 g/mol. The molecule has 3 aromatic rings. The third-order valence-corrected chi connectivity index (χ3v) is 2.97. The molecule has 0 bridgehead atoms. The lowest BCUT2D eigenvalue weighted by atomic mass is 10.2. The van der Waals surface area contributed by atoms with Gasteiger partial charge in [0, 0.05) is 0 Å². The Bertz CT molecular complexity index is 799. The van der Waals surface area contributed by atoms with Gasteiger partial charge in [-0.2, -0.15) is 0 Å². The molecule has 21 heavy (non-hydrogen) atoms. The van der Waals surface area contributed by atoms with Gasteiger partial charge in [0.2, 0.25) is 0 Å². The number of hydrogen-bond acceptors (Lipinski definition) is 5. The second-order valence-electron chi connectivity index (χ2n) is 3.95. The van der Waals surface area contributed by atoms with E-state index in [2.05, 4.69) is 31.4 Å². The highest BCUT2D eigenvalue weighted by atomic mass is 79.9. The number of anilines is 1. The van der Waals surface area contributed by atoms with E-state index in [4.69, 9.17) is 8.83 Å². The molecule has 106 valence electrons. The number of carbonyl (C=O) groups is 1. The summed E-state index contributed by atoms with van der Waals surface area (Å²) in [4.78, 5) is 11.9. The number of aromatic nitrogens is 2. The fourth-order valence-corrected chi connectivity index (χ4v) is 1.92. The zero-order valence-corrected chi connectivity index (χ0v) is 11.9. The summed E-state index contributed by atoms with van der Waals surface area (Å²) >= 11 is 3.15. The van der Waals surface area contributed by atoms with Gasteiger partial charge in [-0.05, 0) is 40.2 Å². The summed E-state index contributed by atoms with van der Waals surface area (Å²) in [6.07, 6.45) is 0. The molecule has 0 aliphatic rings. The first-order valence-corrected chi connectivity index (χ1v) is 6.58. The second-order valence-corrected chi connectivity index (χ2v) is 4.73. The minimum atomic E-state index is -0.677. The molecule has 0 fully saturated rings. The van der Waals surface area contributed by atoms with Crippen LogP contribution in [0.4, 0.5) is 10.4 Å². The summed E-state index contributed by atoms with van der Waals surface area (Å²) in [5.41, 5.74) is -0.113. The van der Waals surface area contributed by atoms with Crippen LogP contribution in [0.5, 0.6) is 0 Å². The highest BCUT2D eigenvalue weighted by molar-refractivity contribution is 9.10. The molecule has 0 saturated heterocycles. The second kappa shape index (κ2) is 5.49. The Morgan fingerprint density at radius 3 is 2.67 bits per heavy atom. The van der Waals surface area contributed by atoms with Crippen LogP contribution < -0.4 is 5.32 Å². The van der Waals surface area contributed by atoms with Gasteiger partial charge in [-0.15, -0.1) is 5.10 Å². The predicted octanol–water partition coefficient (Wildman–Crippen LogP) is 3.48. The molecule has 8 heteroatoms. The zero-order chi connectivity index (χ0) is 14.8. The molecule has 0 radical (unpaired) electrons. The smallest absolute Gasteiger partial charge is 0.322 e. The van der Waals surface area contributed by atoms with Crippen molar-refractivity contribution in [2.75, 3.05) is 5.32 Å². The molecule has 2 aromatic heterocycles. The highest BCUT2D eigenvalue weighted by Crippen LogP contribution is 2.25. The van der Waals surface area contributed by atoms with Crippen molar-refractivity contribution in [1.82, 2.24) is 10.2 Å². The van der Waals surface area contributed by atoms with E-state index in [1.807, 2.05) is 0 Å². The Morgan fingerprint density at radius 2 is 1.95 bits per heavy atom. The maximum absolute atomic E-state index is 13.5. The first-order valence-electron chi connectivity index (χ1n) is 5.78. The van der Waals surface area contributed by atoms with Crippen molar-refractivity contribution in [2.45, 2.75) is 0 Å². The summed E-state index contributed by atoms with van der Waals surface area (Å²) in [5.74, 6) is -0.862. The topological polar surface area (TPSA) is 81.2 Å². The number of rotatable bonds is 3. The number of carbonyl (C=O) groups excluding carboxylic acids is 1. The molecule has 0 saturated carbocycles. The summed E-state index contributed by atoms with van der Waals surface area (Å²) in [6.45, 7) is 0. The molecule has 1 aromatic carbocycles. The standard InChI is InChI=1S/C13H7BrFN3O3/c14-10-6-5-9(20-10)12-17-18-13(21-12)16-11(19)7-3-1-2-4-8(7)15/h1-6H,(H,16,18,19). The van der Waals surface area contributed by atoms with Gasteiger partial charge < -0.3 is 8.83 Å². The van der Waals surface area contributed by atoms with Crippen molar-refractivity contribution in [2.24, 2.45) is 0 Å². The molecule has 3 rings (SSSR count). The lowest BCUT2D eigenvalue weighted by Crippen LogP contribution is -2.13. The van der Waals surface area contributed by atoms with Crippen LogP contribution in [0.15, 0.2) is 49.9 Å². The Morgan fingerprint density at radius 1 is 1.14 bits per heavy atom. The fraction of sp³-hybridized carbons (Fsp3) is 0. The third kappa shape index (κ3) is 2.84. The SMILES string of the molecule is O=C(Nc1nnc(-c2ccc(Br)o2)o1)c1ccccc1F. The van der Waals surface area contributed by atoms with Crippen LogP contribution in [0.25, 0.3) is 11.7 Å². The number of halogens is 2. The lowest BCUT2D eigenvalue weighted by Gasteiger charge is -2.01. The van der Waals surface area contributed by atoms with Crippen LogP contribution in [0, 0.1) is 5.82 Å². The number of nitrogens with zero attached hydrogens (tertiary/aromatic N) is 2. The maximum Gasteiger partial charge on any atom is 0.322 e. The van der Waals surface area contributed by atoms with E-state index >= 15 is 0 Å². The largest absolute Gasteiger partial charge is 0.444 e. The average Bonchev–Trinajstić information content (AvgIpc) is 3.08. The number of nitrogens with one attached hydrogen (secondary N) is 1. The van der Waals surface area contributed by atoms with E-state index in [1.165, 1.54) is 18.2 Å². The minimum Gasteiger partial charge on any atom is -0.444 e. The molecule has 1 amide bonds. The minimum absolute atomic E-state index is 0.101. The summed E-state index contributed by atoms with van der Waals surface area (Å²) in [6, 6.07) is 8.73. The van der Waals surface area contributed by atoms with E-state index in [-0.39, 0.29) is 17.5 Å². The van der Waals surface area contributed by atoms with E-state index in [0.717, 1.165) is 0 Å². The Kier molecular flexibility index (Phi) is 3.53. The normalized spacial score (nSPS) is 10.6.